The molecule has 3 heterocycles. The highest BCUT2D eigenvalue weighted by Crippen LogP contribution is 2.27. The Hall–Kier alpha value is -1.98. The van der Waals surface area contributed by atoms with Crippen molar-refractivity contribution in [3.63, 3.8) is 0 Å². The van der Waals surface area contributed by atoms with E-state index in [1.807, 2.05) is 6.92 Å². The zero-order valence-corrected chi connectivity index (χ0v) is 22.1. The summed E-state index contributed by atoms with van der Waals surface area (Å²) in [7, 11) is 0. The molecule has 0 aliphatic carbocycles. The van der Waals surface area contributed by atoms with Crippen molar-refractivity contribution in [1.29, 1.82) is 0 Å². The number of nitrogens with zero attached hydrogens (tertiary/aromatic N) is 5. The molecule has 2 aromatic rings. The Morgan fingerprint density at radius 1 is 1.09 bits per heavy atom. The molecule has 0 spiro atoms. The van der Waals surface area contributed by atoms with Gasteiger partial charge < -0.3 is 24.8 Å². The molecule has 2 aliphatic rings. The van der Waals surface area contributed by atoms with Crippen molar-refractivity contribution in [3.05, 3.63) is 39.5 Å². The lowest BCUT2D eigenvalue weighted by Crippen LogP contribution is -2.55. The highest BCUT2D eigenvalue weighted by Gasteiger charge is 2.29. The van der Waals surface area contributed by atoms with Crippen molar-refractivity contribution >= 4 is 70.0 Å². The number of hydrogen-bond acceptors (Lipinski definition) is 7. The van der Waals surface area contributed by atoms with E-state index in [1.165, 1.54) is 11.8 Å². The monoisotopic (exact) mass is 558 g/mol. The van der Waals surface area contributed by atoms with Gasteiger partial charge in [-0.15, -0.1) is 0 Å². The standard InChI is InChI=1S/C22H25Cl3N6O3S/c1-14-12-30(4-5-31(14)22(33)26-15-2-3-16(23)17(24)10-15)19-11-18(25)27-21(28-19)35-13-20(32)29-6-8-34-9-7-29/h2-3,10-11,14H,4-9,12-13H2,1H3,(H,26,33). The van der Waals surface area contributed by atoms with Gasteiger partial charge in [0.15, 0.2) is 5.16 Å². The molecule has 35 heavy (non-hydrogen) atoms. The van der Waals surface area contributed by atoms with Crippen LogP contribution in [-0.4, -0.2) is 89.4 Å². The van der Waals surface area contributed by atoms with Gasteiger partial charge in [-0.25, -0.2) is 14.8 Å². The lowest BCUT2D eigenvalue weighted by atomic mass is 10.2. The summed E-state index contributed by atoms with van der Waals surface area (Å²) < 4.78 is 5.29. The first-order chi connectivity index (χ1) is 16.8. The molecule has 1 N–H and O–H groups in total. The number of piperazine rings is 1. The maximum absolute atomic E-state index is 12.8. The molecule has 0 saturated carbocycles. The molecule has 1 aromatic carbocycles. The van der Waals surface area contributed by atoms with E-state index < -0.39 is 0 Å². The van der Waals surface area contributed by atoms with Crippen LogP contribution in [0.1, 0.15) is 6.92 Å². The largest absolute Gasteiger partial charge is 0.378 e. The van der Waals surface area contributed by atoms with Crippen LogP contribution < -0.4 is 10.2 Å². The van der Waals surface area contributed by atoms with Gasteiger partial charge in [0.25, 0.3) is 0 Å². The van der Waals surface area contributed by atoms with Gasteiger partial charge >= 0.3 is 6.03 Å². The fraction of sp³-hybridized carbons (Fsp3) is 0.455. The molecule has 2 saturated heterocycles. The first-order valence-electron chi connectivity index (χ1n) is 11.1. The number of thioether (sulfide) groups is 1. The Balaban J connectivity index is 1.35. The lowest BCUT2D eigenvalue weighted by molar-refractivity contribution is -0.132. The fourth-order valence-electron chi connectivity index (χ4n) is 3.88. The highest BCUT2D eigenvalue weighted by atomic mass is 35.5. The van der Waals surface area contributed by atoms with Gasteiger partial charge in [0, 0.05) is 50.5 Å². The Labute approximate surface area is 223 Å². The smallest absolute Gasteiger partial charge is 0.322 e. The summed E-state index contributed by atoms with van der Waals surface area (Å²) in [4.78, 5) is 39.8. The predicted octanol–water partition coefficient (Wildman–Crippen LogP) is 4.13. The number of urea groups is 1. The number of halogens is 3. The molecule has 1 aromatic heterocycles. The van der Waals surface area contributed by atoms with E-state index in [-0.39, 0.29) is 23.7 Å². The zero-order chi connectivity index (χ0) is 24.9. The van der Waals surface area contributed by atoms with Gasteiger partial charge in [0.2, 0.25) is 5.91 Å². The van der Waals surface area contributed by atoms with Crippen molar-refractivity contribution in [2.75, 3.05) is 61.9 Å². The predicted molar refractivity (Wildman–Crippen MR) is 139 cm³/mol. The molecular formula is C22H25Cl3N6O3S. The van der Waals surface area contributed by atoms with Crippen molar-refractivity contribution in [3.8, 4) is 0 Å². The molecular weight excluding hydrogens is 535 g/mol. The summed E-state index contributed by atoms with van der Waals surface area (Å²) in [6.45, 7) is 5.92. The second-order valence-electron chi connectivity index (χ2n) is 8.16. The molecule has 1 unspecified atom stereocenters. The van der Waals surface area contributed by atoms with Crippen LogP contribution in [-0.2, 0) is 9.53 Å². The van der Waals surface area contributed by atoms with Crippen molar-refractivity contribution < 1.29 is 14.3 Å². The molecule has 13 heteroatoms. The average molecular weight is 560 g/mol. The van der Waals surface area contributed by atoms with Gasteiger partial charge in [-0.2, -0.15) is 0 Å². The molecule has 0 bridgehead atoms. The molecule has 1 atom stereocenters. The number of aromatic nitrogens is 2. The normalized spacial score (nSPS) is 18.5. The SMILES string of the molecule is CC1CN(c2cc(Cl)nc(SCC(=O)N3CCOCC3)n2)CCN1C(=O)Nc1ccc(Cl)c(Cl)c1. The van der Waals surface area contributed by atoms with E-state index in [9.17, 15) is 9.59 Å². The summed E-state index contributed by atoms with van der Waals surface area (Å²) in [5.41, 5.74) is 0.579. The zero-order valence-electron chi connectivity index (χ0n) is 19.0. The van der Waals surface area contributed by atoms with Crippen LogP contribution in [0.15, 0.2) is 29.4 Å². The van der Waals surface area contributed by atoms with Crippen LogP contribution in [0.3, 0.4) is 0 Å². The summed E-state index contributed by atoms with van der Waals surface area (Å²) in [6.07, 6.45) is 0. The van der Waals surface area contributed by atoms with Crippen LogP contribution in [0.5, 0.6) is 0 Å². The Morgan fingerprint density at radius 3 is 2.57 bits per heavy atom. The van der Waals surface area contributed by atoms with Crippen molar-refractivity contribution in [2.24, 2.45) is 0 Å². The van der Waals surface area contributed by atoms with E-state index in [4.69, 9.17) is 39.5 Å². The van der Waals surface area contributed by atoms with Gasteiger partial charge in [0.1, 0.15) is 11.0 Å². The first-order valence-corrected chi connectivity index (χ1v) is 13.2. The third-order valence-electron chi connectivity index (χ3n) is 5.73. The fourth-order valence-corrected chi connectivity index (χ4v) is 5.16. The quantitative estimate of drug-likeness (QED) is 0.335. The number of carbonyl (C=O) groups is 2. The number of ether oxygens (including phenoxy) is 1. The second-order valence-corrected chi connectivity index (χ2v) is 10.3. The number of nitrogens with one attached hydrogen (secondary N) is 1. The summed E-state index contributed by atoms with van der Waals surface area (Å²) in [5, 5.41) is 4.43. The molecule has 2 aliphatic heterocycles. The van der Waals surface area contributed by atoms with Crippen LogP contribution in [0, 0.1) is 0 Å². The van der Waals surface area contributed by atoms with Crippen molar-refractivity contribution in [1.82, 2.24) is 19.8 Å². The van der Waals surface area contributed by atoms with Crippen LogP contribution in [0.4, 0.5) is 16.3 Å². The van der Waals surface area contributed by atoms with E-state index in [2.05, 4.69) is 20.2 Å². The topological polar surface area (TPSA) is 90.9 Å². The number of anilines is 2. The number of carbonyl (C=O) groups excluding carboxylic acids is 2. The molecule has 4 rings (SSSR count). The molecule has 2 fully saturated rings. The van der Waals surface area contributed by atoms with Gasteiger partial charge in [-0.05, 0) is 25.1 Å². The van der Waals surface area contributed by atoms with Gasteiger partial charge in [0.05, 0.1) is 29.0 Å². The number of amides is 3. The number of rotatable bonds is 5. The third kappa shape index (κ3) is 6.83. The molecule has 3 amide bonds. The number of morpholine rings is 1. The van der Waals surface area contributed by atoms with E-state index in [0.29, 0.717) is 77.8 Å². The summed E-state index contributed by atoms with van der Waals surface area (Å²) in [5.74, 6) is 0.931. The minimum atomic E-state index is -0.214. The maximum Gasteiger partial charge on any atom is 0.322 e. The van der Waals surface area contributed by atoms with Crippen molar-refractivity contribution in [2.45, 2.75) is 18.1 Å². The van der Waals surface area contributed by atoms with E-state index >= 15 is 0 Å². The Kier molecular flexibility index (Phi) is 8.82. The Bertz CT molecular complexity index is 1090. The third-order valence-corrected chi connectivity index (χ3v) is 7.50. The van der Waals surface area contributed by atoms with E-state index in [1.54, 1.807) is 34.1 Å². The maximum atomic E-state index is 12.8. The van der Waals surface area contributed by atoms with E-state index in [0.717, 1.165) is 0 Å². The Morgan fingerprint density at radius 2 is 1.86 bits per heavy atom. The summed E-state index contributed by atoms with van der Waals surface area (Å²) >= 11 is 19.5. The van der Waals surface area contributed by atoms with Gasteiger partial charge in [-0.1, -0.05) is 46.6 Å². The minimum Gasteiger partial charge on any atom is -0.378 e. The highest BCUT2D eigenvalue weighted by molar-refractivity contribution is 7.99. The molecule has 9 nitrogen and oxygen atoms in total. The molecule has 0 radical (unpaired) electrons. The average Bonchev–Trinajstić information content (AvgIpc) is 2.85. The molecule has 188 valence electrons. The second kappa shape index (κ2) is 11.8. The van der Waals surface area contributed by atoms with Crippen LogP contribution in [0.2, 0.25) is 15.2 Å². The number of hydrogen-bond donors (Lipinski definition) is 1. The lowest BCUT2D eigenvalue weighted by Gasteiger charge is -2.40. The summed E-state index contributed by atoms with van der Waals surface area (Å²) in [6, 6.07) is 6.37. The van der Waals surface area contributed by atoms with Crippen LogP contribution >= 0.6 is 46.6 Å². The first kappa shape index (κ1) is 26.1. The van der Waals surface area contributed by atoms with Crippen LogP contribution in [0.25, 0.3) is 0 Å². The van der Waals surface area contributed by atoms with Gasteiger partial charge in [-0.3, -0.25) is 4.79 Å². The number of benzene rings is 1. The minimum absolute atomic E-state index is 0.0265.